The van der Waals surface area contributed by atoms with E-state index in [9.17, 15) is 17.8 Å². The van der Waals surface area contributed by atoms with Gasteiger partial charge in [-0.2, -0.15) is 0 Å². The molecule has 6 rings (SSSR count). The summed E-state index contributed by atoms with van der Waals surface area (Å²) in [4.78, 5) is 12.6. The highest BCUT2D eigenvalue weighted by molar-refractivity contribution is 7.85. The zero-order valence-electron chi connectivity index (χ0n) is 19.1. The third-order valence-electron chi connectivity index (χ3n) is 6.89. The molecule has 0 aromatic heterocycles. The molecule has 0 radical (unpaired) electrons. The second-order valence-electron chi connectivity index (χ2n) is 9.30. The number of ether oxygens (including phenoxy) is 2. The van der Waals surface area contributed by atoms with Gasteiger partial charge in [-0.3, -0.25) is 0 Å². The highest BCUT2D eigenvalue weighted by atomic mass is 32.2. The molecule has 0 saturated carbocycles. The lowest BCUT2D eigenvalue weighted by Gasteiger charge is -2.44. The van der Waals surface area contributed by atoms with Gasteiger partial charge >= 0.3 is 6.16 Å². The Kier molecular flexibility index (Phi) is 5.49. The van der Waals surface area contributed by atoms with E-state index in [-0.39, 0.29) is 34.5 Å². The van der Waals surface area contributed by atoms with Crippen LogP contribution in [0.15, 0.2) is 65.6 Å². The third kappa shape index (κ3) is 3.79. The lowest BCUT2D eigenvalue weighted by Crippen LogP contribution is -2.39. The Morgan fingerprint density at radius 2 is 1.53 bits per heavy atom. The Morgan fingerprint density at radius 3 is 2.06 bits per heavy atom. The smallest absolute Gasteiger partial charge is 0.514 e. The molecule has 2 bridgehead atoms. The molecule has 0 heterocycles. The summed E-state index contributed by atoms with van der Waals surface area (Å²) in [6.07, 6.45) is -0.561. The standard InChI is InChI=1S/C27H26O6S/c1-15(2)21-13-23(16(3)12-25(21)34(29,30)31)32-27(28)33-24-14-22-17-8-4-6-10-19(17)26(24)20-11-7-5-9-18(20)22/h4-13,15,22,24,26H,14H2,1-3H3,(H,29,30,31)/p-1. The summed E-state index contributed by atoms with van der Waals surface area (Å²) < 4.78 is 46.5. The van der Waals surface area contributed by atoms with Crippen molar-refractivity contribution >= 4 is 16.3 Å². The van der Waals surface area contributed by atoms with Gasteiger partial charge in [0.2, 0.25) is 0 Å². The lowest BCUT2D eigenvalue weighted by molar-refractivity contribution is 0.0380. The van der Waals surface area contributed by atoms with Gasteiger partial charge in [-0.25, -0.2) is 13.2 Å². The SMILES string of the molecule is Cc1cc(S(=O)(=O)[O-])c(C(C)C)cc1OC(=O)OC1CC2c3ccccc3C1c1ccccc12. The molecule has 3 aromatic carbocycles. The van der Waals surface area contributed by atoms with Crippen molar-refractivity contribution < 1.29 is 27.2 Å². The first kappa shape index (κ1) is 22.6. The predicted octanol–water partition coefficient (Wildman–Crippen LogP) is 5.59. The van der Waals surface area contributed by atoms with Crippen molar-refractivity contribution in [2.45, 2.75) is 55.9 Å². The summed E-state index contributed by atoms with van der Waals surface area (Å²) in [5.74, 6) is -0.000995. The fraction of sp³-hybridized carbons (Fsp3) is 0.296. The third-order valence-corrected chi connectivity index (χ3v) is 7.78. The fourth-order valence-corrected chi connectivity index (χ4v) is 6.29. The second-order valence-corrected chi connectivity index (χ2v) is 10.6. The average molecular weight is 478 g/mol. The minimum absolute atomic E-state index is 0.0785. The number of carbonyl (C=O) groups is 1. The van der Waals surface area contributed by atoms with Gasteiger partial charge in [-0.05, 0) is 64.8 Å². The number of aryl methyl sites for hydroxylation is 1. The lowest BCUT2D eigenvalue weighted by atomic mass is 9.62. The van der Waals surface area contributed by atoms with E-state index in [1.807, 2.05) is 24.3 Å². The maximum atomic E-state index is 12.9. The number of rotatable bonds is 4. The molecular formula is C27H25O6S-. The van der Waals surface area contributed by atoms with Gasteiger partial charge in [-0.1, -0.05) is 62.4 Å². The molecule has 0 N–H and O–H groups in total. The summed E-state index contributed by atoms with van der Waals surface area (Å²) in [5.41, 5.74) is 5.55. The summed E-state index contributed by atoms with van der Waals surface area (Å²) in [6.45, 7) is 5.14. The first-order chi connectivity index (χ1) is 16.1. The summed E-state index contributed by atoms with van der Waals surface area (Å²) in [6, 6.07) is 19.2. The van der Waals surface area contributed by atoms with E-state index in [0.717, 1.165) is 0 Å². The molecule has 34 heavy (non-hydrogen) atoms. The highest BCUT2D eigenvalue weighted by Gasteiger charge is 2.45. The molecule has 3 aliphatic rings. The van der Waals surface area contributed by atoms with E-state index < -0.39 is 16.3 Å². The molecule has 1 unspecified atom stereocenters. The molecule has 0 spiro atoms. The zero-order valence-corrected chi connectivity index (χ0v) is 20.0. The summed E-state index contributed by atoms with van der Waals surface area (Å²) >= 11 is 0. The van der Waals surface area contributed by atoms with Gasteiger partial charge in [0, 0.05) is 11.8 Å². The van der Waals surface area contributed by atoms with Crippen molar-refractivity contribution in [3.8, 4) is 5.75 Å². The van der Waals surface area contributed by atoms with Crippen molar-refractivity contribution in [2.75, 3.05) is 0 Å². The van der Waals surface area contributed by atoms with Crippen molar-refractivity contribution in [2.24, 2.45) is 0 Å². The number of hydrogen-bond acceptors (Lipinski definition) is 6. The van der Waals surface area contributed by atoms with Crippen LogP contribution in [-0.2, 0) is 14.9 Å². The number of fused-ring (bicyclic) bond motifs is 1. The van der Waals surface area contributed by atoms with Crippen LogP contribution in [-0.4, -0.2) is 25.2 Å². The van der Waals surface area contributed by atoms with E-state index >= 15 is 0 Å². The Morgan fingerprint density at radius 1 is 0.971 bits per heavy atom. The van der Waals surface area contributed by atoms with Crippen molar-refractivity contribution in [3.05, 3.63) is 94.0 Å². The molecule has 176 valence electrons. The average Bonchev–Trinajstić information content (AvgIpc) is 2.79. The largest absolute Gasteiger partial charge is 0.744 e. The van der Waals surface area contributed by atoms with Crippen LogP contribution < -0.4 is 4.74 Å². The molecule has 0 amide bonds. The van der Waals surface area contributed by atoms with Gasteiger partial charge in [0.1, 0.15) is 22.0 Å². The van der Waals surface area contributed by atoms with Gasteiger partial charge in [0.15, 0.2) is 0 Å². The molecule has 3 aliphatic carbocycles. The summed E-state index contributed by atoms with van der Waals surface area (Å²) in [5, 5.41) is 0. The van der Waals surface area contributed by atoms with Crippen LogP contribution in [0.5, 0.6) is 5.75 Å². The van der Waals surface area contributed by atoms with Crippen LogP contribution in [0.2, 0.25) is 0 Å². The van der Waals surface area contributed by atoms with E-state index in [1.165, 1.54) is 34.4 Å². The molecule has 1 atom stereocenters. The minimum atomic E-state index is -4.65. The maximum Gasteiger partial charge on any atom is 0.514 e. The maximum absolute atomic E-state index is 12.9. The molecule has 0 fully saturated rings. The Labute approximate surface area is 199 Å². The minimum Gasteiger partial charge on any atom is -0.744 e. The first-order valence-corrected chi connectivity index (χ1v) is 12.7. The monoisotopic (exact) mass is 477 g/mol. The predicted molar refractivity (Wildman–Crippen MR) is 125 cm³/mol. The van der Waals surface area contributed by atoms with Crippen LogP contribution >= 0.6 is 0 Å². The molecule has 6 nitrogen and oxygen atoms in total. The van der Waals surface area contributed by atoms with Crippen molar-refractivity contribution in [1.82, 2.24) is 0 Å². The first-order valence-electron chi connectivity index (χ1n) is 11.3. The normalized spacial score (nSPS) is 20.6. The van der Waals surface area contributed by atoms with Crippen LogP contribution in [0, 0.1) is 6.92 Å². The topological polar surface area (TPSA) is 92.7 Å². The second kappa shape index (κ2) is 8.25. The number of carbonyl (C=O) groups excluding carboxylic acids is 1. The van der Waals surface area contributed by atoms with E-state index in [4.69, 9.17) is 9.47 Å². The fourth-order valence-electron chi connectivity index (χ4n) is 5.39. The van der Waals surface area contributed by atoms with Gasteiger partial charge < -0.3 is 14.0 Å². The van der Waals surface area contributed by atoms with Gasteiger partial charge in [0.25, 0.3) is 0 Å². The van der Waals surface area contributed by atoms with E-state index in [2.05, 4.69) is 24.3 Å². The number of hydrogen-bond donors (Lipinski definition) is 0. The summed E-state index contributed by atoms with van der Waals surface area (Å²) in [7, 11) is -4.65. The Bertz CT molecular complexity index is 1340. The molecule has 7 heteroatoms. The van der Waals surface area contributed by atoms with Crippen LogP contribution in [0.4, 0.5) is 4.79 Å². The highest BCUT2D eigenvalue weighted by Crippen LogP contribution is 2.53. The van der Waals surface area contributed by atoms with Crippen molar-refractivity contribution in [3.63, 3.8) is 0 Å². The molecule has 3 aromatic rings. The molecular weight excluding hydrogens is 452 g/mol. The molecule has 0 aliphatic heterocycles. The van der Waals surface area contributed by atoms with Crippen LogP contribution in [0.25, 0.3) is 0 Å². The zero-order chi connectivity index (χ0) is 24.2. The van der Waals surface area contributed by atoms with E-state index in [0.29, 0.717) is 17.5 Å². The Hall–Kier alpha value is -3.16. The van der Waals surface area contributed by atoms with Crippen molar-refractivity contribution in [1.29, 1.82) is 0 Å². The van der Waals surface area contributed by atoms with Crippen LogP contribution in [0.1, 0.15) is 71.4 Å². The van der Waals surface area contributed by atoms with Gasteiger partial charge in [0.05, 0.1) is 4.90 Å². The number of benzene rings is 3. The quantitative estimate of drug-likeness (QED) is 0.276. The van der Waals surface area contributed by atoms with E-state index in [1.54, 1.807) is 20.8 Å². The van der Waals surface area contributed by atoms with Gasteiger partial charge in [-0.15, -0.1) is 0 Å². The molecule has 0 saturated heterocycles. The Balaban J connectivity index is 1.43. The van der Waals surface area contributed by atoms with Crippen LogP contribution in [0.3, 0.4) is 0 Å².